The van der Waals surface area contributed by atoms with Crippen molar-refractivity contribution in [3.8, 4) is 5.69 Å². The van der Waals surface area contributed by atoms with Crippen LogP contribution in [0.5, 0.6) is 0 Å². The van der Waals surface area contributed by atoms with Gasteiger partial charge in [0.05, 0.1) is 35.0 Å². The van der Waals surface area contributed by atoms with Gasteiger partial charge in [0.25, 0.3) is 5.56 Å². The molecule has 2 heterocycles. The highest BCUT2D eigenvalue weighted by atomic mass is 19.1. The van der Waals surface area contributed by atoms with E-state index in [1.807, 2.05) is 41.8 Å². The fraction of sp³-hybridized carbons (Fsp3) is 0.250. The summed E-state index contributed by atoms with van der Waals surface area (Å²) in [6.45, 7) is 6.23. The second-order valence-corrected chi connectivity index (χ2v) is 9.05. The van der Waals surface area contributed by atoms with Crippen molar-refractivity contribution in [3.05, 3.63) is 93.5 Å². The average Bonchev–Trinajstić information content (AvgIpc) is 2.87. The monoisotopic (exact) mass is 486 g/mol. The lowest BCUT2D eigenvalue weighted by atomic mass is 10.1. The molecular weight excluding hydrogens is 459 g/mol. The topological polar surface area (TPSA) is 67.7 Å². The third-order valence-electron chi connectivity index (χ3n) is 6.49. The number of halogens is 1. The first-order valence-electron chi connectivity index (χ1n) is 11.8. The lowest BCUT2D eigenvalue weighted by Gasteiger charge is -2.37. The van der Waals surface area contributed by atoms with E-state index in [0.29, 0.717) is 54.3 Å². The van der Waals surface area contributed by atoms with E-state index in [-0.39, 0.29) is 11.4 Å². The molecule has 1 saturated heterocycles. The van der Waals surface area contributed by atoms with Crippen LogP contribution in [0, 0.1) is 19.7 Å². The number of carbonyl (C=O) groups is 1. The molecule has 0 spiro atoms. The molecule has 8 heteroatoms. The molecule has 0 unspecified atom stereocenters. The predicted molar refractivity (Wildman–Crippen MR) is 139 cm³/mol. The summed E-state index contributed by atoms with van der Waals surface area (Å²) < 4.78 is 20.9. The minimum Gasteiger partial charge on any atom is -0.465 e. The summed E-state index contributed by atoms with van der Waals surface area (Å²) in [6.07, 6.45) is 0. The second-order valence-electron chi connectivity index (χ2n) is 9.05. The number of fused-ring (bicyclic) bond motifs is 1. The van der Waals surface area contributed by atoms with Crippen LogP contribution in [0.15, 0.2) is 65.5 Å². The molecule has 0 radical (unpaired) electrons. The van der Waals surface area contributed by atoms with Crippen LogP contribution in [0.2, 0.25) is 0 Å². The number of rotatable bonds is 4. The summed E-state index contributed by atoms with van der Waals surface area (Å²) in [7, 11) is 1.32. The number of esters is 1. The van der Waals surface area contributed by atoms with Gasteiger partial charge in [-0.25, -0.2) is 18.7 Å². The fourth-order valence-electron chi connectivity index (χ4n) is 4.80. The van der Waals surface area contributed by atoms with Crippen LogP contribution < -0.4 is 15.4 Å². The molecule has 1 fully saturated rings. The van der Waals surface area contributed by atoms with Crippen molar-refractivity contribution < 1.29 is 13.9 Å². The Hall–Kier alpha value is -4.20. The van der Waals surface area contributed by atoms with Crippen LogP contribution in [0.3, 0.4) is 0 Å². The number of methoxy groups -OCH3 is 1. The van der Waals surface area contributed by atoms with Crippen LogP contribution in [-0.4, -0.2) is 48.8 Å². The number of aromatic nitrogens is 2. The summed E-state index contributed by atoms with van der Waals surface area (Å²) in [4.78, 5) is 34.8. The van der Waals surface area contributed by atoms with Crippen molar-refractivity contribution in [3.63, 3.8) is 0 Å². The van der Waals surface area contributed by atoms with Gasteiger partial charge in [0.1, 0.15) is 5.82 Å². The summed E-state index contributed by atoms with van der Waals surface area (Å²) >= 11 is 0. The molecule has 0 saturated carbocycles. The number of aryl methyl sites for hydroxylation is 2. The SMILES string of the molecule is COC(=O)c1ccc2c(=O)n(-c3cc(C)cc(C)c3)c(N3CCN(c4ccccc4F)CC3)nc2c1. The predicted octanol–water partition coefficient (Wildman–Crippen LogP) is 4.25. The zero-order valence-electron chi connectivity index (χ0n) is 20.5. The largest absolute Gasteiger partial charge is 0.465 e. The summed E-state index contributed by atoms with van der Waals surface area (Å²) in [5.74, 6) is -0.248. The van der Waals surface area contributed by atoms with E-state index < -0.39 is 5.97 Å². The third kappa shape index (κ3) is 4.30. The number of benzene rings is 3. The molecule has 1 aliphatic heterocycles. The highest BCUT2D eigenvalue weighted by Gasteiger charge is 2.25. The minimum atomic E-state index is -0.489. The maximum atomic E-state index is 14.4. The molecule has 3 aromatic carbocycles. The number of nitrogens with zero attached hydrogens (tertiary/aromatic N) is 4. The Morgan fingerprint density at radius 2 is 1.58 bits per heavy atom. The highest BCUT2D eigenvalue weighted by Crippen LogP contribution is 2.25. The zero-order valence-corrected chi connectivity index (χ0v) is 20.5. The third-order valence-corrected chi connectivity index (χ3v) is 6.49. The number of piperazine rings is 1. The van der Waals surface area contributed by atoms with Crippen LogP contribution >= 0.6 is 0 Å². The van der Waals surface area contributed by atoms with Gasteiger partial charge < -0.3 is 14.5 Å². The molecule has 0 aliphatic carbocycles. The lowest BCUT2D eigenvalue weighted by molar-refractivity contribution is 0.0601. The molecular formula is C28H27FN4O3. The van der Waals surface area contributed by atoms with E-state index in [1.165, 1.54) is 13.2 Å². The molecule has 0 N–H and O–H groups in total. The van der Waals surface area contributed by atoms with Gasteiger partial charge in [-0.05, 0) is 67.4 Å². The summed E-state index contributed by atoms with van der Waals surface area (Å²) in [6, 6.07) is 17.5. The van der Waals surface area contributed by atoms with Gasteiger partial charge >= 0.3 is 5.97 Å². The van der Waals surface area contributed by atoms with Gasteiger partial charge in [-0.3, -0.25) is 4.79 Å². The first-order valence-corrected chi connectivity index (χ1v) is 11.8. The Labute approximate surface area is 208 Å². The van der Waals surface area contributed by atoms with Gasteiger partial charge in [0, 0.05) is 26.2 Å². The number of para-hydroxylation sites is 1. The van der Waals surface area contributed by atoms with Crippen molar-refractivity contribution in [2.24, 2.45) is 0 Å². The molecule has 0 atom stereocenters. The normalized spacial score (nSPS) is 13.8. The number of anilines is 2. The maximum absolute atomic E-state index is 14.4. The molecule has 7 nitrogen and oxygen atoms in total. The Kier molecular flexibility index (Phi) is 6.18. The number of carbonyl (C=O) groups excluding carboxylic acids is 1. The number of ether oxygens (including phenoxy) is 1. The van der Waals surface area contributed by atoms with Crippen molar-refractivity contribution in [2.75, 3.05) is 43.1 Å². The molecule has 0 amide bonds. The van der Waals surface area contributed by atoms with Crippen LogP contribution in [0.1, 0.15) is 21.5 Å². The van der Waals surface area contributed by atoms with Gasteiger partial charge in [0.15, 0.2) is 0 Å². The molecule has 1 aromatic heterocycles. The lowest BCUT2D eigenvalue weighted by Crippen LogP contribution is -2.48. The van der Waals surface area contributed by atoms with Crippen molar-refractivity contribution in [2.45, 2.75) is 13.8 Å². The maximum Gasteiger partial charge on any atom is 0.337 e. The smallest absolute Gasteiger partial charge is 0.337 e. The van der Waals surface area contributed by atoms with Crippen molar-refractivity contribution >= 4 is 28.5 Å². The van der Waals surface area contributed by atoms with E-state index in [1.54, 1.807) is 34.9 Å². The van der Waals surface area contributed by atoms with E-state index in [0.717, 1.165) is 16.8 Å². The van der Waals surface area contributed by atoms with Crippen molar-refractivity contribution in [1.82, 2.24) is 9.55 Å². The first kappa shape index (κ1) is 23.5. The van der Waals surface area contributed by atoms with Crippen LogP contribution in [-0.2, 0) is 4.74 Å². The molecule has 1 aliphatic rings. The van der Waals surface area contributed by atoms with Crippen LogP contribution in [0.4, 0.5) is 16.0 Å². The van der Waals surface area contributed by atoms with E-state index >= 15 is 0 Å². The molecule has 36 heavy (non-hydrogen) atoms. The summed E-state index contributed by atoms with van der Waals surface area (Å²) in [5.41, 5.74) is 3.91. The van der Waals surface area contributed by atoms with Gasteiger partial charge in [-0.2, -0.15) is 0 Å². The van der Waals surface area contributed by atoms with Gasteiger partial charge in [-0.15, -0.1) is 0 Å². The number of hydrogen-bond donors (Lipinski definition) is 0. The quantitative estimate of drug-likeness (QED) is 0.402. The zero-order chi connectivity index (χ0) is 25.4. The van der Waals surface area contributed by atoms with Gasteiger partial charge in [0.2, 0.25) is 5.95 Å². The Morgan fingerprint density at radius 1 is 0.917 bits per heavy atom. The van der Waals surface area contributed by atoms with E-state index in [9.17, 15) is 14.0 Å². The second kappa shape index (κ2) is 9.45. The standard InChI is InChI=1S/C28H27FN4O3/c1-18-14-19(2)16-21(15-18)33-26(34)22-9-8-20(27(35)36-3)17-24(22)30-28(33)32-12-10-31(11-13-32)25-7-5-4-6-23(25)29/h4-9,14-17H,10-13H2,1-3H3. The fourth-order valence-corrected chi connectivity index (χ4v) is 4.80. The Bertz CT molecular complexity index is 1500. The first-order chi connectivity index (χ1) is 17.4. The summed E-state index contributed by atoms with van der Waals surface area (Å²) in [5, 5.41) is 0.413. The Morgan fingerprint density at radius 3 is 2.25 bits per heavy atom. The van der Waals surface area contributed by atoms with Crippen LogP contribution in [0.25, 0.3) is 16.6 Å². The highest BCUT2D eigenvalue weighted by molar-refractivity contribution is 5.94. The molecule has 184 valence electrons. The Balaban J connectivity index is 1.62. The molecule has 5 rings (SSSR count). The van der Waals surface area contributed by atoms with E-state index in [4.69, 9.17) is 9.72 Å². The molecule has 4 aromatic rings. The minimum absolute atomic E-state index is 0.215. The average molecular weight is 487 g/mol. The van der Waals surface area contributed by atoms with Crippen molar-refractivity contribution in [1.29, 1.82) is 0 Å². The number of hydrogen-bond acceptors (Lipinski definition) is 6. The van der Waals surface area contributed by atoms with E-state index in [2.05, 4.69) is 6.07 Å². The molecule has 0 bridgehead atoms. The van der Waals surface area contributed by atoms with Gasteiger partial charge in [-0.1, -0.05) is 18.2 Å².